The lowest BCUT2D eigenvalue weighted by Crippen LogP contribution is -2.33. The summed E-state index contributed by atoms with van der Waals surface area (Å²) in [6, 6.07) is 3.84. The molecule has 1 aromatic heterocycles. The third-order valence-electron chi connectivity index (χ3n) is 4.90. The molecule has 5 nitrogen and oxygen atoms in total. The molecule has 0 aromatic carbocycles. The molecule has 23 heavy (non-hydrogen) atoms. The molecule has 1 aromatic rings. The van der Waals surface area contributed by atoms with Crippen molar-refractivity contribution in [2.45, 2.75) is 44.6 Å². The molecule has 0 bridgehead atoms. The summed E-state index contributed by atoms with van der Waals surface area (Å²) in [7, 11) is 0. The highest BCUT2D eigenvalue weighted by Gasteiger charge is 2.35. The predicted molar refractivity (Wildman–Crippen MR) is 86.5 cm³/mol. The van der Waals surface area contributed by atoms with Gasteiger partial charge >= 0.3 is 0 Å². The van der Waals surface area contributed by atoms with Crippen molar-refractivity contribution in [3.8, 4) is 0 Å². The average molecular weight is 314 g/mol. The maximum Gasteiger partial charge on any atom is 0.219 e. The number of hydrogen-bond acceptors (Lipinski definition) is 4. The van der Waals surface area contributed by atoms with Crippen LogP contribution in [0.15, 0.2) is 24.4 Å². The minimum Gasteiger partial charge on any atom is -0.384 e. The van der Waals surface area contributed by atoms with Crippen LogP contribution < -0.4 is 0 Å². The first kappa shape index (κ1) is 15.9. The van der Waals surface area contributed by atoms with Crippen molar-refractivity contribution in [1.82, 2.24) is 9.88 Å². The number of pyridine rings is 1. The SMILES string of the molecule is CC(=O)N1CC=C(c2ccc(C3(O)CCC(=O)CC3)nc2)CC1. The Bertz CT molecular complexity index is 639. The first-order valence-corrected chi connectivity index (χ1v) is 8.13. The van der Waals surface area contributed by atoms with Crippen molar-refractivity contribution >= 4 is 17.3 Å². The standard InChI is InChI=1S/C18H22N2O3/c1-13(21)20-10-6-14(7-11-20)15-2-3-17(19-12-15)18(23)8-4-16(22)5-9-18/h2-3,6,12,23H,4-5,7-11H2,1H3. The molecule has 1 fully saturated rings. The van der Waals surface area contributed by atoms with Crippen LogP contribution in [-0.4, -0.2) is 39.8 Å². The summed E-state index contributed by atoms with van der Waals surface area (Å²) in [5.74, 6) is 0.316. The number of rotatable bonds is 2. The van der Waals surface area contributed by atoms with Crippen LogP contribution in [0.25, 0.3) is 5.57 Å². The first-order chi connectivity index (χ1) is 11.0. The van der Waals surface area contributed by atoms with E-state index < -0.39 is 5.60 Å². The molecule has 0 radical (unpaired) electrons. The van der Waals surface area contributed by atoms with E-state index in [0.717, 1.165) is 18.5 Å². The molecule has 0 unspecified atom stereocenters. The number of ketones is 1. The largest absolute Gasteiger partial charge is 0.384 e. The number of carbonyl (C=O) groups excluding carboxylic acids is 2. The second-order valence-electron chi connectivity index (χ2n) is 6.45. The Hall–Kier alpha value is -2.01. The minimum atomic E-state index is -0.973. The normalized spacial score (nSPS) is 21.0. The van der Waals surface area contributed by atoms with Gasteiger partial charge in [0, 0.05) is 39.1 Å². The summed E-state index contributed by atoms with van der Waals surface area (Å²) in [5.41, 5.74) is 1.90. The van der Waals surface area contributed by atoms with E-state index in [1.165, 1.54) is 5.57 Å². The summed E-state index contributed by atoms with van der Waals surface area (Å²) in [6.45, 7) is 2.96. The Morgan fingerprint density at radius 1 is 1.26 bits per heavy atom. The van der Waals surface area contributed by atoms with Crippen LogP contribution in [0, 0.1) is 0 Å². The Morgan fingerprint density at radius 2 is 2.00 bits per heavy atom. The van der Waals surface area contributed by atoms with Gasteiger partial charge in [0.2, 0.25) is 5.91 Å². The monoisotopic (exact) mass is 314 g/mol. The fourth-order valence-corrected chi connectivity index (χ4v) is 3.27. The van der Waals surface area contributed by atoms with Crippen molar-refractivity contribution in [3.05, 3.63) is 35.7 Å². The van der Waals surface area contributed by atoms with Gasteiger partial charge in [0.25, 0.3) is 0 Å². The van der Waals surface area contributed by atoms with Crippen LogP contribution in [0.1, 0.15) is 50.3 Å². The minimum absolute atomic E-state index is 0.0999. The fraction of sp³-hybridized carbons (Fsp3) is 0.500. The molecule has 1 aliphatic carbocycles. The van der Waals surface area contributed by atoms with E-state index in [1.54, 1.807) is 13.1 Å². The van der Waals surface area contributed by atoms with Crippen LogP contribution in [0.5, 0.6) is 0 Å². The van der Waals surface area contributed by atoms with Crippen molar-refractivity contribution in [3.63, 3.8) is 0 Å². The van der Waals surface area contributed by atoms with Gasteiger partial charge in [-0.3, -0.25) is 14.6 Å². The number of Topliss-reactive ketones (excluding diaryl/α,β-unsaturated/α-hetero) is 1. The molecule has 0 saturated heterocycles. The molecular weight excluding hydrogens is 292 g/mol. The summed E-state index contributed by atoms with van der Waals surface area (Å²) < 4.78 is 0. The van der Waals surface area contributed by atoms with Crippen molar-refractivity contribution in [1.29, 1.82) is 0 Å². The smallest absolute Gasteiger partial charge is 0.219 e. The maximum absolute atomic E-state index is 11.4. The Kier molecular flexibility index (Phi) is 4.31. The van der Waals surface area contributed by atoms with Gasteiger partial charge in [-0.2, -0.15) is 0 Å². The number of carbonyl (C=O) groups is 2. The maximum atomic E-state index is 11.4. The fourth-order valence-electron chi connectivity index (χ4n) is 3.27. The number of aromatic nitrogens is 1. The van der Waals surface area contributed by atoms with Gasteiger partial charge < -0.3 is 10.0 Å². The quantitative estimate of drug-likeness (QED) is 0.907. The summed E-state index contributed by atoms with van der Waals surface area (Å²) in [6.07, 6.45) is 6.43. The van der Waals surface area contributed by atoms with Gasteiger partial charge in [0.15, 0.2) is 0 Å². The van der Waals surface area contributed by atoms with E-state index in [1.807, 2.05) is 17.0 Å². The molecule has 5 heteroatoms. The molecule has 0 atom stereocenters. The third kappa shape index (κ3) is 3.34. The molecule has 2 heterocycles. The van der Waals surface area contributed by atoms with Gasteiger partial charge in [-0.05, 0) is 36.5 Å². The number of hydrogen-bond donors (Lipinski definition) is 1. The van der Waals surface area contributed by atoms with E-state index in [0.29, 0.717) is 37.9 Å². The van der Waals surface area contributed by atoms with Crippen molar-refractivity contribution in [2.24, 2.45) is 0 Å². The molecule has 1 saturated carbocycles. The number of aliphatic hydroxyl groups is 1. The zero-order valence-electron chi connectivity index (χ0n) is 13.4. The van der Waals surface area contributed by atoms with Crippen LogP contribution in [0.3, 0.4) is 0 Å². The molecular formula is C18H22N2O3. The van der Waals surface area contributed by atoms with Crippen LogP contribution >= 0.6 is 0 Å². The van der Waals surface area contributed by atoms with Crippen molar-refractivity contribution < 1.29 is 14.7 Å². The highest BCUT2D eigenvalue weighted by Crippen LogP contribution is 2.35. The third-order valence-corrected chi connectivity index (χ3v) is 4.90. The molecule has 2 aliphatic rings. The number of amides is 1. The number of nitrogens with zero attached hydrogens (tertiary/aromatic N) is 2. The average Bonchev–Trinajstić information content (AvgIpc) is 2.58. The lowest BCUT2D eigenvalue weighted by molar-refractivity contribution is -0.128. The second-order valence-corrected chi connectivity index (χ2v) is 6.45. The van der Waals surface area contributed by atoms with E-state index >= 15 is 0 Å². The van der Waals surface area contributed by atoms with Crippen LogP contribution in [0.2, 0.25) is 0 Å². The molecule has 1 amide bonds. The Labute approximate surface area is 136 Å². The Balaban J connectivity index is 1.73. The Morgan fingerprint density at radius 3 is 2.52 bits per heavy atom. The van der Waals surface area contributed by atoms with Gasteiger partial charge in [-0.1, -0.05) is 12.1 Å². The lowest BCUT2D eigenvalue weighted by Gasteiger charge is -2.31. The molecule has 3 rings (SSSR count). The van der Waals surface area contributed by atoms with E-state index in [9.17, 15) is 14.7 Å². The predicted octanol–water partition coefficient (Wildman–Crippen LogP) is 2.05. The van der Waals surface area contributed by atoms with Gasteiger partial charge in [-0.25, -0.2) is 0 Å². The summed E-state index contributed by atoms with van der Waals surface area (Å²) >= 11 is 0. The van der Waals surface area contributed by atoms with Crippen LogP contribution in [0.4, 0.5) is 0 Å². The zero-order chi connectivity index (χ0) is 16.4. The summed E-state index contributed by atoms with van der Waals surface area (Å²) in [5, 5.41) is 10.7. The second kappa shape index (κ2) is 6.24. The zero-order valence-corrected chi connectivity index (χ0v) is 13.4. The van der Waals surface area contributed by atoms with E-state index in [-0.39, 0.29) is 11.7 Å². The van der Waals surface area contributed by atoms with E-state index in [2.05, 4.69) is 11.1 Å². The highest BCUT2D eigenvalue weighted by atomic mass is 16.3. The lowest BCUT2D eigenvalue weighted by atomic mass is 9.81. The van der Waals surface area contributed by atoms with Gasteiger partial charge in [0.05, 0.1) is 5.69 Å². The topological polar surface area (TPSA) is 70.5 Å². The molecule has 122 valence electrons. The van der Waals surface area contributed by atoms with Crippen molar-refractivity contribution in [2.75, 3.05) is 13.1 Å². The van der Waals surface area contributed by atoms with Gasteiger partial charge in [-0.15, -0.1) is 0 Å². The highest BCUT2D eigenvalue weighted by molar-refractivity contribution is 5.79. The van der Waals surface area contributed by atoms with E-state index in [4.69, 9.17) is 0 Å². The summed E-state index contributed by atoms with van der Waals surface area (Å²) in [4.78, 5) is 29.0. The van der Waals surface area contributed by atoms with Gasteiger partial charge in [0.1, 0.15) is 11.4 Å². The molecule has 1 N–H and O–H groups in total. The van der Waals surface area contributed by atoms with Crippen LogP contribution in [-0.2, 0) is 15.2 Å². The molecule has 1 aliphatic heterocycles. The first-order valence-electron chi connectivity index (χ1n) is 8.13. The molecule has 0 spiro atoms.